The van der Waals surface area contributed by atoms with E-state index in [9.17, 15) is 15.2 Å². The Morgan fingerprint density at radius 3 is 2.38 bits per heavy atom. The van der Waals surface area contributed by atoms with E-state index < -0.39 is 4.92 Å². The molecule has 132 valence electrons. The lowest BCUT2D eigenvalue weighted by Gasteiger charge is -2.05. The van der Waals surface area contributed by atoms with Gasteiger partial charge in [0.15, 0.2) is 0 Å². The van der Waals surface area contributed by atoms with Gasteiger partial charge in [-0.05, 0) is 60.9 Å². The topological polar surface area (TPSA) is 102 Å². The highest BCUT2D eigenvalue weighted by Gasteiger charge is 2.13. The fraction of sp³-hybridized carbons (Fsp3) is 0.111. The van der Waals surface area contributed by atoms with Crippen LogP contribution in [0.5, 0.6) is 5.75 Å². The Kier molecular flexibility index (Phi) is 4.73. The van der Waals surface area contributed by atoms with Gasteiger partial charge in [-0.1, -0.05) is 11.6 Å². The summed E-state index contributed by atoms with van der Waals surface area (Å²) < 4.78 is 5.55. The quantitative estimate of drug-likeness (QED) is 0.526. The molecule has 0 bridgehead atoms. The SMILES string of the molecule is Cc1cc(/C=C(\Cl)c2nnc(-c3ccc([N+](=O)[O-])cc3)o2)cc(C)c1O. The molecule has 3 aromatic rings. The second-order valence-corrected chi connectivity index (χ2v) is 6.12. The number of phenolic OH excluding ortho intramolecular Hbond substituents is 1. The van der Waals surface area contributed by atoms with Crippen molar-refractivity contribution >= 4 is 28.4 Å². The van der Waals surface area contributed by atoms with Crippen molar-refractivity contribution in [2.24, 2.45) is 0 Å². The van der Waals surface area contributed by atoms with Crippen molar-refractivity contribution in [2.75, 3.05) is 0 Å². The van der Waals surface area contributed by atoms with Crippen molar-refractivity contribution in [3.05, 3.63) is 69.1 Å². The molecule has 3 rings (SSSR count). The number of hydrogen-bond acceptors (Lipinski definition) is 6. The van der Waals surface area contributed by atoms with Gasteiger partial charge in [-0.3, -0.25) is 10.1 Å². The van der Waals surface area contributed by atoms with Crippen molar-refractivity contribution in [2.45, 2.75) is 13.8 Å². The molecule has 1 N–H and O–H groups in total. The second-order valence-electron chi connectivity index (χ2n) is 5.71. The van der Waals surface area contributed by atoms with Crippen LogP contribution in [0.25, 0.3) is 22.6 Å². The highest BCUT2D eigenvalue weighted by atomic mass is 35.5. The third-order valence-electron chi connectivity index (χ3n) is 3.76. The molecule has 0 saturated carbocycles. The number of aromatic nitrogens is 2. The van der Waals surface area contributed by atoms with E-state index in [-0.39, 0.29) is 28.3 Å². The molecule has 0 aliphatic rings. The molecule has 2 aromatic carbocycles. The third kappa shape index (κ3) is 3.57. The molecule has 0 fully saturated rings. The van der Waals surface area contributed by atoms with Gasteiger partial charge in [0.25, 0.3) is 11.6 Å². The number of phenols is 1. The maximum Gasteiger partial charge on any atom is 0.269 e. The number of aryl methyl sites for hydroxylation is 2. The zero-order valence-electron chi connectivity index (χ0n) is 13.9. The van der Waals surface area contributed by atoms with Crippen LogP contribution in [0.2, 0.25) is 0 Å². The summed E-state index contributed by atoms with van der Waals surface area (Å²) in [6.45, 7) is 3.60. The van der Waals surface area contributed by atoms with Crippen LogP contribution in [0, 0.1) is 24.0 Å². The molecule has 8 heteroatoms. The molecular weight excluding hydrogens is 358 g/mol. The lowest BCUT2D eigenvalue weighted by atomic mass is 10.1. The van der Waals surface area contributed by atoms with Crippen LogP contribution >= 0.6 is 11.6 Å². The van der Waals surface area contributed by atoms with Crippen molar-refractivity contribution in [1.29, 1.82) is 0 Å². The van der Waals surface area contributed by atoms with Crippen molar-refractivity contribution in [3.63, 3.8) is 0 Å². The Bertz CT molecular complexity index is 987. The number of nitro benzene ring substituents is 1. The number of hydrogen-bond donors (Lipinski definition) is 1. The largest absolute Gasteiger partial charge is 0.507 e. The van der Waals surface area contributed by atoms with E-state index in [1.54, 1.807) is 32.1 Å². The number of rotatable bonds is 4. The van der Waals surface area contributed by atoms with Gasteiger partial charge >= 0.3 is 0 Å². The van der Waals surface area contributed by atoms with Crippen LogP contribution < -0.4 is 0 Å². The normalized spacial score (nSPS) is 11.6. The molecule has 0 atom stereocenters. The first-order valence-corrected chi connectivity index (χ1v) is 7.99. The highest BCUT2D eigenvalue weighted by Crippen LogP contribution is 2.29. The van der Waals surface area contributed by atoms with E-state index in [0.29, 0.717) is 5.56 Å². The summed E-state index contributed by atoms with van der Waals surface area (Å²) in [4.78, 5) is 10.2. The van der Waals surface area contributed by atoms with Crippen LogP contribution in [0.3, 0.4) is 0 Å². The summed E-state index contributed by atoms with van der Waals surface area (Å²) in [5.74, 6) is 0.583. The molecule has 26 heavy (non-hydrogen) atoms. The molecular formula is C18H14ClN3O4. The van der Waals surface area contributed by atoms with E-state index in [1.165, 1.54) is 24.3 Å². The van der Waals surface area contributed by atoms with E-state index in [4.69, 9.17) is 16.0 Å². The molecule has 1 aromatic heterocycles. The minimum Gasteiger partial charge on any atom is -0.507 e. The molecule has 0 amide bonds. The molecule has 0 aliphatic heterocycles. The Morgan fingerprint density at radius 1 is 1.19 bits per heavy atom. The first-order chi connectivity index (χ1) is 12.3. The van der Waals surface area contributed by atoms with E-state index in [2.05, 4.69) is 10.2 Å². The number of nitrogens with zero attached hydrogens (tertiary/aromatic N) is 3. The zero-order valence-corrected chi connectivity index (χ0v) is 14.7. The number of benzene rings is 2. The fourth-order valence-corrected chi connectivity index (χ4v) is 2.65. The van der Waals surface area contributed by atoms with Crippen LogP contribution in [0.15, 0.2) is 40.8 Å². The smallest absolute Gasteiger partial charge is 0.269 e. The predicted molar refractivity (Wildman–Crippen MR) is 97.7 cm³/mol. The summed E-state index contributed by atoms with van der Waals surface area (Å²) in [6.07, 6.45) is 1.66. The molecule has 0 saturated heterocycles. The van der Waals surface area contributed by atoms with Gasteiger partial charge < -0.3 is 9.52 Å². The van der Waals surface area contributed by atoms with Crippen LogP contribution in [-0.2, 0) is 0 Å². The van der Waals surface area contributed by atoms with Crippen LogP contribution in [0.4, 0.5) is 5.69 Å². The number of aromatic hydroxyl groups is 1. The lowest BCUT2D eigenvalue weighted by Crippen LogP contribution is -1.87. The first kappa shape index (κ1) is 17.6. The molecule has 0 radical (unpaired) electrons. The van der Waals surface area contributed by atoms with Crippen LogP contribution in [-0.4, -0.2) is 20.2 Å². The number of non-ortho nitro benzene ring substituents is 1. The maximum atomic E-state index is 10.7. The standard InChI is InChI=1S/C18H14ClN3O4/c1-10-7-12(8-11(2)16(10)23)9-15(19)18-21-20-17(26-18)13-3-5-14(6-4-13)22(24)25/h3-9,23H,1-2H3/b15-9-. The van der Waals surface area contributed by atoms with Gasteiger partial charge in [-0.15, -0.1) is 10.2 Å². The van der Waals surface area contributed by atoms with E-state index in [1.807, 2.05) is 0 Å². The van der Waals surface area contributed by atoms with Crippen molar-refractivity contribution in [1.82, 2.24) is 10.2 Å². The highest BCUT2D eigenvalue weighted by molar-refractivity contribution is 6.50. The Morgan fingerprint density at radius 2 is 1.81 bits per heavy atom. The average Bonchev–Trinajstić information content (AvgIpc) is 3.10. The van der Waals surface area contributed by atoms with Crippen molar-refractivity contribution < 1.29 is 14.4 Å². The van der Waals surface area contributed by atoms with Gasteiger partial charge in [0.05, 0.1) is 4.92 Å². The Labute approximate surface area is 153 Å². The summed E-state index contributed by atoms with van der Waals surface area (Å²) in [5.41, 5.74) is 2.79. The summed E-state index contributed by atoms with van der Waals surface area (Å²) in [7, 11) is 0. The molecule has 0 aliphatic carbocycles. The summed E-state index contributed by atoms with van der Waals surface area (Å²) in [5, 5.41) is 28.6. The first-order valence-electron chi connectivity index (χ1n) is 7.61. The predicted octanol–water partition coefficient (Wildman–Crippen LogP) is 4.70. The molecule has 1 heterocycles. The molecule has 7 nitrogen and oxygen atoms in total. The minimum absolute atomic E-state index is 0.0236. The van der Waals surface area contributed by atoms with Crippen LogP contribution in [0.1, 0.15) is 22.6 Å². The molecule has 0 unspecified atom stereocenters. The third-order valence-corrected chi connectivity index (χ3v) is 4.03. The van der Waals surface area contributed by atoms with Gasteiger partial charge in [-0.2, -0.15) is 0 Å². The second kappa shape index (κ2) is 6.97. The van der Waals surface area contributed by atoms with Crippen molar-refractivity contribution in [3.8, 4) is 17.2 Å². The van der Waals surface area contributed by atoms with E-state index in [0.717, 1.165) is 16.7 Å². The van der Waals surface area contributed by atoms with Gasteiger partial charge in [0.1, 0.15) is 10.8 Å². The number of halogens is 1. The Balaban J connectivity index is 1.88. The minimum atomic E-state index is -0.482. The van der Waals surface area contributed by atoms with E-state index >= 15 is 0 Å². The van der Waals surface area contributed by atoms with Gasteiger partial charge in [-0.25, -0.2) is 0 Å². The molecule has 0 spiro atoms. The lowest BCUT2D eigenvalue weighted by molar-refractivity contribution is -0.384. The Hall–Kier alpha value is -3.19. The summed E-state index contributed by atoms with van der Waals surface area (Å²) in [6, 6.07) is 9.35. The number of nitro groups is 1. The average molecular weight is 372 g/mol. The zero-order chi connectivity index (χ0) is 18.8. The van der Waals surface area contributed by atoms with Gasteiger partial charge in [0.2, 0.25) is 5.89 Å². The van der Waals surface area contributed by atoms with Gasteiger partial charge in [0, 0.05) is 17.7 Å². The monoisotopic (exact) mass is 371 g/mol. The fourth-order valence-electron chi connectivity index (χ4n) is 2.44. The maximum absolute atomic E-state index is 10.7. The summed E-state index contributed by atoms with van der Waals surface area (Å²) >= 11 is 6.27.